The number of hydrogen-bond donors (Lipinski definition) is 2. The molecule has 3 N–H and O–H groups in total. The molecular formula is C19H15NO2. The highest BCUT2D eigenvalue weighted by Crippen LogP contribution is 2.26. The van der Waals surface area contributed by atoms with Gasteiger partial charge in [0.1, 0.15) is 0 Å². The van der Waals surface area contributed by atoms with Gasteiger partial charge in [0, 0.05) is 0 Å². The summed E-state index contributed by atoms with van der Waals surface area (Å²) in [6.07, 6.45) is 0. The molecule has 0 spiro atoms. The first-order valence-corrected chi connectivity index (χ1v) is 6.94. The summed E-state index contributed by atoms with van der Waals surface area (Å²) in [5, 5.41) is 11.6. The Kier molecular flexibility index (Phi) is 3.62. The molecule has 0 aliphatic carbocycles. The van der Waals surface area contributed by atoms with Gasteiger partial charge in [0.05, 0.1) is 11.3 Å². The van der Waals surface area contributed by atoms with E-state index in [1.54, 1.807) is 18.2 Å². The summed E-state index contributed by atoms with van der Waals surface area (Å²) in [6, 6.07) is 22.5. The van der Waals surface area contributed by atoms with E-state index >= 15 is 0 Å². The van der Waals surface area contributed by atoms with Crippen LogP contribution in [-0.4, -0.2) is 11.1 Å². The van der Waals surface area contributed by atoms with Crippen molar-refractivity contribution in [3.63, 3.8) is 0 Å². The molecule has 3 heteroatoms. The number of nitrogens with two attached hydrogens (primary N) is 1. The number of fused-ring (bicyclic) bond motifs is 1. The lowest BCUT2D eigenvalue weighted by Crippen LogP contribution is -2.09. The third-order valence-electron chi connectivity index (χ3n) is 3.61. The number of carboxylic acids is 1. The van der Waals surface area contributed by atoms with Crippen LogP contribution in [0.15, 0.2) is 72.8 Å². The molecule has 0 amide bonds. The number of aliphatic carboxylic acids is 1. The van der Waals surface area contributed by atoms with Gasteiger partial charge in [-0.1, -0.05) is 66.7 Å². The van der Waals surface area contributed by atoms with Gasteiger partial charge in [0.25, 0.3) is 0 Å². The summed E-state index contributed by atoms with van der Waals surface area (Å²) >= 11 is 0. The van der Waals surface area contributed by atoms with Gasteiger partial charge >= 0.3 is 5.97 Å². The van der Waals surface area contributed by atoms with Crippen LogP contribution in [0.3, 0.4) is 0 Å². The first kappa shape index (κ1) is 13.9. The Morgan fingerprint density at radius 3 is 2.09 bits per heavy atom. The Bertz CT molecular complexity index is 867. The summed E-state index contributed by atoms with van der Waals surface area (Å²) in [5.74, 6) is -1.03. The van der Waals surface area contributed by atoms with Crippen LogP contribution in [0.25, 0.3) is 22.0 Å². The van der Waals surface area contributed by atoms with Crippen molar-refractivity contribution in [2.75, 3.05) is 0 Å². The molecule has 0 atom stereocenters. The highest BCUT2D eigenvalue weighted by Gasteiger charge is 2.16. The minimum Gasteiger partial charge on any atom is -0.478 e. The number of rotatable bonds is 3. The fourth-order valence-corrected chi connectivity index (χ4v) is 2.50. The summed E-state index contributed by atoms with van der Waals surface area (Å²) in [4.78, 5) is 11.7. The number of benzene rings is 3. The molecule has 0 radical (unpaired) electrons. The molecule has 0 aliphatic rings. The molecule has 0 unspecified atom stereocenters. The van der Waals surface area contributed by atoms with Crippen molar-refractivity contribution in [3.05, 3.63) is 83.9 Å². The molecule has 0 aliphatic heterocycles. The molecule has 3 nitrogen and oxygen atoms in total. The molecule has 0 aromatic heterocycles. The van der Waals surface area contributed by atoms with E-state index in [4.69, 9.17) is 5.73 Å². The molecular weight excluding hydrogens is 274 g/mol. The third-order valence-corrected chi connectivity index (χ3v) is 3.61. The smallest absolute Gasteiger partial charge is 0.338 e. The van der Waals surface area contributed by atoms with Crippen molar-refractivity contribution in [1.29, 1.82) is 0 Å². The van der Waals surface area contributed by atoms with E-state index in [1.807, 2.05) is 54.6 Å². The van der Waals surface area contributed by atoms with E-state index in [-0.39, 0.29) is 11.3 Å². The van der Waals surface area contributed by atoms with E-state index in [9.17, 15) is 9.90 Å². The van der Waals surface area contributed by atoms with E-state index < -0.39 is 5.97 Å². The van der Waals surface area contributed by atoms with Gasteiger partial charge in [-0.05, 0) is 28.0 Å². The van der Waals surface area contributed by atoms with Gasteiger partial charge in [-0.3, -0.25) is 0 Å². The van der Waals surface area contributed by atoms with Gasteiger partial charge in [-0.15, -0.1) is 0 Å². The van der Waals surface area contributed by atoms with Crippen LogP contribution in [0.1, 0.15) is 11.1 Å². The average Bonchev–Trinajstić information content (AvgIpc) is 2.55. The van der Waals surface area contributed by atoms with Gasteiger partial charge in [0.2, 0.25) is 0 Å². The lowest BCUT2D eigenvalue weighted by atomic mass is 9.97. The number of carbonyl (C=O) groups is 1. The zero-order valence-electron chi connectivity index (χ0n) is 11.9. The van der Waals surface area contributed by atoms with Crippen molar-refractivity contribution in [2.45, 2.75) is 0 Å². The fraction of sp³-hybridized carbons (Fsp3) is 0. The van der Waals surface area contributed by atoms with Gasteiger partial charge < -0.3 is 10.8 Å². The van der Waals surface area contributed by atoms with E-state index in [1.165, 1.54) is 0 Å². The van der Waals surface area contributed by atoms with Crippen LogP contribution in [0, 0.1) is 0 Å². The molecule has 0 heterocycles. The molecule has 3 rings (SSSR count). The zero-order chi connectivity index (χ0) is 15.5. The normalized spacial score (nSPS) is 12.0. The molecule has 108 valence electrons. The number of carboxylic acid groups (broad SMARTS) is 1. The number of hydrogen-bond acceptors (Lipinski definition) is 2. The Labute approximate surface area is 128 Å². The van der Waals surface area contributed by atoms with Crippen LogP contribution < -0.4 is 5.73 Å². The molecule has 22 heavy (non-hydrogen) atoms. The van der Waals surface area contributed by atoms with Crippen molar-refractivity contribution in [3.8, 4) is 0 Å². The highest BCUT2D eigenvalue weighted by molar-refractivity contribution is 6.23. The average molecular weight is 289 g/mol. The van der Waals surface area contributed by atoms with Crippen LogP contribution in [0.4, 0.5) is 0 Å². The Hall–Kier alpha value is -3.07. The monoisotopic (exact) mass is 289 g/mol. The molecule has 0 saturated heterocycles. The second kappa shape index (κ2) is 5.74. The van der Waals surface area contributed by atoms with Crippen LogP contribution in [0.2, 0.25) is 0 Å². The predicted octanol–water partition coefficient (Wildman–Crippen LogP) is 3.75. The zero-order valence-corrected chi connectivity index (χ0v) is 11.9. The lowest BCUT2D eigenvalue weighted by Gasteiger charge is -2.10. The Morgan fingerprint density at radius 2 is 1.41 bits per heavy atom. The fourth-order valence-electron chi connectivity index (χ4n) is 2.50. The molecule has 3 aromatic rings. The molecule has 0 fully saturated rings. The minimum absolute atomic E-state index is 0.122. The van der Waals surface area contributed by atoms with Crippen molar-refractivity contribution in [2.24, 2.45) is 5.73 Å². The van der Waals surface area contributed by atoms with E-state index in [0.29, 0.717) is 11.1 Å². The maximum Gasteiger partial charge on any atom is 0.338 e. The summed E-state index contributed by atoms with van der Waals surface area (Å²) in [6.45, 7) is 0. The standard InChI is InChI=1S/C19H15NO2/c20-18(14-7-2-1-3-8-14)17(19(21)22)16-11-10-13-6-4-5-9-15(13)12-16/h1-12H,20H2,(H,21,22)/b18-17-. The SMILES string of the molecule is N/C(=C(\C(=O)O)c1ccc2ccccc2c1)c1ccccc1. The van der Waals surface area contributed by atoms with Crippen molar-refractivity contribution >= 4 is 28.0 Å². The summed E-state index contributed by atoms with van der Waals surface area (Å²) < 4.78 is 0. The van der Waals surface area contributed by atoms with Crippen LogP contribution >= 0.6 is 0 Å². The topological polar surface area (TPSA) is 63.3 Å². The van der Waals surface area contributed by atoms with Gasteiger partial charge in [0.15, 0.2) is 0 Å². The van der Waals surface area contributed by atoms with E-state index in [0.717, 1.165) is 10.8 Å². The molecule has 0 bridgehead atoms. The largest absolute Gasteiger partial charge is 0.478 e. The van der Waals surface area contributed by atoms with Crippen molar-refractivity contribution < 1.29 is 9.90 Å². The van der Waals surface area contributed by atoms with Crippen LogP contribution in [-0.2, 0) is 4.79 Å². The summed E-state index contributed by atoms with van der Waals surface area (Å²) in [5.41, 5.74) is 7.81. The molecule has 3 aromatic carbocycles. The Morgan fingerprint density at radius 1 is 0.773 bits per heavy atom. The van der Waals surface area contributed by atoms with Crippen LogP contribution in [0.5, 0.6) is 0 Å². The predicted molar refractivity (Wildman–Crippen MR) is 89.0 cm³/mol. The van der Waals surface area contributed by atoms with Gasteiger partial charge in [-0.25, -0.2) is 4.79 Å². The maximum atomic E-state index is 11.7. The van der Waals surface area contributed by atoms with E-state index in [2.05, 4.69) is 0 Å². The summed E-state index contributed by atoms with van der Waals surface area (Å²) in [7, 11) is 0. The lowest BCUT2D eigenvalue weighted by molar-refractivity contribution is -0.130. The molecule has 0 saturated carbocycles. The maximum absolute atomic E-state index is 11.7. The first-order chi connectivity index (χ1) is 10.7. The minimum atomic E-state index is -1.03. The second-order valence-corrected chi connectivity index (χ2v) is 5.02. The van der Waals surface area contributed by atoms with Gasteiger partial charge in [-0.2, -0.15) is 0 Å². The second-order valence-electron chi connectivity index (χ2n) is 5.02. The third kappa shape index (κ3) is 2.56. The quantitative estimate of drug-likeness (QED) is 0.570. The van der Waals surface area contributed by atoms with Crippen molar-refractivity contribution in [1.82, 2.24) is 0 Å². The Balaban J connectivity index is 2.20. The highest BCUT2D eigenvalue weighted by atomic mass is 16.4. The first-order valence-electron chi connectivity index (χ1n) is 6.94.